The number of aromatic nitrogens is 2. The minimum atomic E-state index is -4.02. The summed E-state index contributed by atoms with van der Waals surface area (Å²) in [5, 5.41) is 5.73. The fraction of sp³-hybridized carbons (Fsp3) is 0.600. The van der Waals surface area contributed by atoms with Gasteiger partial charge in [-0.15, -0.1) is 0 Å². The van der Waals surface area contributed by atoms with E-state index in [9.17, 15) is 27.6 Å². The van der Waals surface area contributed by atoms with Gasteiger partial charge in [0.1, 0.15) is 35.5 Å². The molecule has 3 aliphatic heterocycles. The Morgan fingerprint density at radius 2 is 1.71 bits per heavy atom. The average molecular weight is 775 g/mol. The third-order valence-electron chi connectivity index (χ3n) is 12.3. The quantitative estimate of drug-likeness (QED) is 0.383. The molecule has 3 fully saturated rings. The van der Waals surface area contributed by atoms with Crippen molar-refractivity contribution in [2.45, 2.75) is 131 Å². The molecule has 3 bridgehead atoms. The maximum Gasteiger partial charge on any atom is 0.408 e. The molecule has 3 N–H and O–H groups in total. The van der Waals surface area contributed by atoms with E-state index in [1.165, 1.54) is 11.0 Å². The van der Waals surface area contributed by atoms with Gasteiger partial charge < -0.3 is 25.0 Å². The topological polar surface area (TPSA) is 186 Å². The van der Waals surface area contributed by atoms with E-state index < -0.39 is 68.2 Å². The maximum atomic E-state index is 14.6. The van der Waals surface area contributed by atoms with Gasteiger partial charge in [-0.3, -0.25) is 19.1 Å². The van der Waals surface area contributed by atoms with E-state index in [1.807, 2.05) is 36.4 Å². The van der Waals surface area contributed by atoms with Crippen LogP contribution in [0.4, 0.5) is 4.79 Å². The lowest BCUT2D eigenvalue weighted by Crippen LogP contribution is -2.67. The van der Waals surface area contributed by atoms with Crippen LogP contribution < -0.4 is 20.1 Å². The molecule has 7 atom stereocenters. The summed E-state index contributed by atoms with van der Waals surface area (Å²) in [5.74, 6) is -1.94. The zero-order valence-corrected chi connectivity index (χ0v) is 32.0. The van der Waals surface area contributed by atoms with Crippen LogP contribution in [0.1, 0.15) is 96.1 Å². The molecular weight excluding hydrogens is 725 g/mol. The summed E-state index contributed by atoms with van der Waals surface area (Å²) in [5.41, 5.74) is 0.404. The standard InChI is InChI=1S/C40H50N6O8S/c1-39(20-21-39)55(51,52)45-37(49)40-19-18-26(40)13-7-3-2-4-8-17-31-36(48)46-24-27(23-32(46)34(47)44-40)53-35-30(41-28-14-10-11-15-29(28)42-35)16-9-5-6-12-25-22-33(25)54-38(50)43-31/h7,10-11,13-15,18-19,25-27,31-33H,2-6,8-9,12,16-17,20-24H2,1H3,(H,43,50)(H,44,47)(H,45,49)/b13-7-/t25-,26-,27-,31+,32+,33-,40-/m1/s1. The van der Waals surface area contributed by atoms with Crippen LogP contribution in [0, 0.1) is 11.8 Å². The first-order chi connectivity index (χ1) is 26.4. The van der Waals surface area contributed by atoms with Crippen LogP contribution >= 0.6 is 0 Å². The lowest BCUT2D eigenvalue weighted by molar-refractivity contribution is -0.142. The van der Waals surface area contributed by atoms with Gasteiger partial charge in [0, 0.05) is 12.3 Å². The van der Waals surface area contributed by atoms with Crippen molar-refractivity contribution in [1.82, 2.24) is 30.2 Å². The van der Waals surface area contributed by atoms with Crippen molar-refractivity contribution in [3.8, 4) is 5.88 Å². The number of hydrogen-bond donors (Lipinski definition) is 3. The van der Waals surface area contributed by atoms with E-state index in [2.05, 4.69) is 15.4 Å². The number of amides is 4. The van der Waals surface area contributed by atoms with Gasteiger partial charge in [0.2, 0.25) is 27.7 Å². The van der Waals surface area contributed by atoms with Gasteiger partial charge in [0.25, 0.3) is 5.91 Å². The molecule has 294 valence electrons. The van der Waals surface area contributed by atoms with Crippen molar-refractivity contribution in [2.75, 3.05) is 6.54 Å². The first kappa shape index (κ1) is 37.4. The Morgan fingerprint density at radius 3 is 2.47 bits per heavy atom. The normalized spacial score (nSPS) is 32.9. The summed E-state index contributed by atoms with van der Waals surface area (Å²) in [4.78, 5) is 67.6. The zero-order valence-electron chi connectivity index (χ0n) is 31.2. The highest BCUT2D eigenvalue weighted by Crippen LogP contribution is 2.43. The number of fused-ring (bicyclic) bond motifs is 6. The summed E-state index contributed by atoms with van der Waals surface area (Å²) >= 11 is 0. The summed E-state index contributed by atoms with van der Waals surface area (Å²) in [6.45, 7) is 1.60. The summed E-state index contributed by atoms with van der Waals surface area (Å²) in [6.07, 6.45) is 14.8. The number of para-hydroxylation sites is 2. The SMILES string of the molecule is CC1(S(=O)(=O)NC(=O)[C@@]23C=C[C@H]2/C=C\CCCCC[C@@H]2NC(=O)O[C@@H]4C[C@H]4CCCCCc4nc5ccccc5nc4O[C@@H]4C[C@@H](C(=O)N3)N(C4)C2=O)CC1. The number of alkyl carbamates (subject to hydrolysis) is 1. The van der Waals surface area contributed by atoms with E-state index in [1.54, 1.807) is 13.0 Å². The van der Waals surface area contributed by atoms with E-state index in [-0.39, 0.29) is 25.0 Å². The first-order valence-corrected chi connectivity index (χ1v) is 21.4. The predicted molar refractivity (Wildman–Crippen MR) is 202 cm³/mol. The number of benzene rings is 1. The van der Waals surface area contributed by atoms with Crippen molar-refractivity contribution in [3.63, 3.8) is 0 Å². The second-order valence-corrected chi connectivity index (χ2v) is 18.6. The highest BCUT2D eigenvalue weighted by atomic mass is 32.2. The van der Waals surface area contributed by atoms with Crippen molar-refractivity contribution in [2.24, 2.45) is 11.8 Å². The van der Waals surface area contributed by atoms with Crippen molar-refractivity contribution in [3.05, 3.63) is 54.3 Å². The zero-order chi connectivity index (χ0) is 38.4. The molecule has 4 amide bonds. The molecule has 0 radical (unpaired) electrons. The number of carbonyl (C=O) groups excluding carboxylic acids is 4. The molecule has 8 rings (SSSR count). The molecule has 1 aromatic heterocycles. The van der Waals surface area contributed by atoms with E-state index in [4.69, 9.17) is 19.4 Å². The van der Waals surface area contributed by atoms with Gasteiger partial charge in [-0.2, -0.15) is 0 Å². The first-order valence-electron chi connectivity index (χ1n) is 19.9. The lowest BCUT2D eigenvalue weighted by Gasteiger charge is -2.42. The molecule has 15 heteroatoms. The van der Waals surface area contributed by atoms with Crippen molar-refractivity contribution in [1.29, 1.82) is 0 Å². The van der Waals surface area contributed by atoms with Gasteiger partial charge in [0.05, 0.1) is 22.3 Å². The Morgan fingerprint density at radius 1 is 0.945 bits per heavy atom. The van der Waals surface area contributed by atoms with Crippen LogP contribution in [0.25, 0.3) is 11.0 Å². The van der Waals surface area contributed by atoms with Crippen LogP contribution in [-0.4, -0.2) is 88.2 Å². The Balaban J connectivity index is 1.14. The third kappa shape index (κ3) is 7.68. The molecule has 2 aromatic rings. The van der Waals surface area contributed by atoms with Crippen molar-refractivity contribution < 1.29 is 37.1 Å². The highest BCUT2D eigenvalue weighted by Gasteiger charge is 2.56. The fourth-order valence-corrected chi connectivity index (χ4v) is 9.54. The fourth-order valence-electron chi connectivity index (χ4n) is 8.24. The van der Waals surface area contributed by atoms with Gasteiger partial charge in [-0.25, -0.2) is 23.2 Å². The average Bonchev–Trinajstić information content (AvgIpc) is 4.04. The largest absolute Gasteiger partial charge is 0.471 e. The van der Waals surface area contributed by atoms with Crippen LogP contribution in [0.5, 0.6) is 5.88 Å². The van der Waals surface area contributed by atoms with Gasteiger partial charge in [-0.05, 0) is 82.8 Å². The number of hydrogen-bond acceptors (Lipinski definition) is 10. The number of allylic oxidation sites excluding steroid dienone is 1. The summed E-state index contributed by atoms with van der Waals surface area (Å²) in [6, 6.07) is 5.48. The number of ether oxygens (including phenoxy) is 2. The lowest BCUT2D eigenvalue weighted by atomic mass is 9.73. The number of carbonyl (C=O) groups is 4. The molecule has 6 aliphatic rings. The molecule has 4 heterocycles. The predicted octanol–water partition coefficient (Wildman–Crippen LogP) is 4.14. The molecular formula is C40H50N6O8S. The second-order valence-electron chi connectivity index (χ2n) is 16.4. The highest BCUT2D eigenvalue weighted by molar-refractivity contribution is 7.91. The van der Waals surface area contributed by atoms with Crippen molar-refractivity contribution >= 4 is 44.9 Å². The van der Waals surface area contributed by atoms with Crippen LogP contribution in [0.15, 0.2) is 48.6 Å². The number of nitrogens with zero attached hydrogens (tertiary/aromatic N) is 3. The Labute approximate surface area is 321 Å². The molecule has 55 heavy (non-hydrogen) atoms. The minimum Gasteiger partial charge on any atom is -0.471 e. The minimum absolute atomic E-state index is 0.00783. The number of sulfonamides is 1. The van der Waals surface area contributed by atoms with Crippen LogP contribution in [-0.2, 0) is 35.6 Å². The van der Waals surface area contributed by atoms with E-state index >= 15 is 0 Å². The summed E-state index contributed by atoms with van der Waals surface area (Å²) < 4.78 is 40.1. The number of aryl methyl sites for hydroxylation is 1. The van der Waals surface area contributed by atoms with E-state index in [0.29, 0.717) is 55.6 Å². The smallest absolute Gasteiger partial charge is 0.408 e. The maximum absolute atomic E-state index is 14.6. The molecule has 2 saturated carbocycles. The Kier molecular flexibility index (Phi) is 10.1. The molecule has 0 spiro atoms. The van der Waals surface area contributed by atoms with Gasteiger partial charge in [-0.1, -0.05) is 62.1 Å². The second kappa shape index (κ2) is 14.8. The van der Waals surface area contributed by atoms with Gasteiger partial charge >= 0.3 is 6.09 Å². The molecule has 0 unspecified atom stereocenters. The molecule has 3 aliphatic carbocycles. The molecule has 1 saturated heterocycles. The summed E-state index contributed by atoms with van der Waals surface area (Å²) in [7, 11) is -4.02. The molecule has 14 nitrogen and oxygen atoms in total. The van der Waals surface area contributed by atoms with Crippen LogP contribution in [0.3, 0.4) is 0 Å². The van der Waals surface area contributed by atoms with E-state index in [0.717, 1.165) is 50.5 Å². The number of rotatable bonds is 3. The van der Waals surface area contributed by atoms with Gasteiger partial charge in [0.15, 0.2) is 0 Å². The Hall–Kier alpha value is -4.53. The monoisotopic (exact) mass is 774 g/mol. The Bertz CT molecular complexity index is 2030. The molecule has 1 aromatic carbocycles. The number of nitrogens with one attached hydrogen (secondary N) is 3. The third-order valence-corrected chi connectivity index (χ3v) is 14.4. The van der Waals surface area contributed by atoms with Crippen LogP contribution in [0.2, 0.25) is 0 Å².